The van der Waals surface area contributed by atoms with E-state index < -0.39 is 0 Å². The standard InChI is InChI=1S/C15H22N4O3/c1-3-4-10(2)21-15-13-14(16-8-17-15)19(9-18-13)12-6-5-11(7-20)22-12/h8-12,20H,3-7H2,1-2H3/t10-,11+,12-/m1/s1. The van der Waals surface area contributed by atoms with E-state index in [0.29, 0.717) is 17.0 Å². The van der Waals surface area contributed by atoms with Gasteiger partial charge in [-0.2, -0.15) is 4.98 Å². The van der Waals surface area contributed by atoms with Crippen molar-refractivity contribution in [3.8, 4) is 5.88 Å². The van der Waals surface area contributed by atoms with Crippen LogP contribution in [0, 0.1) is 0 Å². The number of aliphatic hydroxyl groups is 1. The molecule has 120 valence electrons. The molecule has 0 aromatic carbocycles. The van der Waals surface area contributed by atoms with Crippen LogP contribution in [0.15, 0.2) is 12.7 Å². The maximum Gasteiger partial charge on any atom is 0.245 e. The van der Waals surface area contributed by atoms with Crippen molar-refractivity contribution in [1.29, 1.82) is 0 Å². The van der Waals surface area contributed by atoms with Gasteiger partial charge in [0.05, 0.1) is 25.1 Å². The highest BCUT2D eigenvalue weighted by Crippen LogP contribution is 2.31. The predicted octanol–water partition coefficient (Wildman–Crippen LogP) is 2.06. The summed E-state index contributed by atoms with van der Waals surface area (Å²) in [5.74, 6) is 0.515. The van der Waals surface area contributed by atoms with Crippen LogP contribution in [0.2, 0.25) is 0 Å². The lowest BCUT2D eigenvalue weighted by Crippen LogP contribution is -2.14. The van der Waals surface area contributed by atoms with Gasteiger partial charge in [0, 0.05) is 0 Å². The summed E-state index contributed by atoms with van der Waals surface area (Å²) in [6.45, 7) is 4.19. The van der Waals surface area contributed by atoms with E-state index in [1.165, 1.54) is 6.33 Å². The largest absolute Gasteiger partial charge is 0.473 e. The maximum absolute atomic E-state index is 9.19. The zero-order valence-corrected chi connectivity index (χ0v) is 13.0. The number of hydrogen-bond donors (Lipinski definition) is 1. The molecule has 0 amide bonds. The number of hydrogen-bond acceptors (Lipinski definition) is 6. The van der Waals surface area contributed by atoms with E-state index >= 15 is 0 Å². The molecule has 3 rings (SSSR count). The van der Waals surface area contributed by atoms with E-state index in [0.717, 1.165) is 25.7 Å². The summed E-state index contributed by atoms with van der Waals surface area (Å²) in [7, 11) is 0. The third-order valence-electron chi connectivity index (χ3n) is 3.93. The maximum atomic E-state index is 9.19. The molecule has 1 N–H and O–H groups in total. The van der Waals surface area contributed by atoms with Crippen molar-refractivity contribution in [3.05, 3.63) is 12.7 Å². The van der Waals surface area contributed by atoms with Gasteiger partial charge in [0.15, 0.2) is 11.2 Å². The van der Waals surface area contributed by atoms with Gasteiger partial charge in [-0.05, 0) is 26.2 Å². The molecule has 0 radical (unpaired) electrons. The van der Waals surface area contributed by atoms with E-state index in [-0.39, 0.29) is 25.0 Å². The second kappa shape index (κ2) is 6.58. The monoisotopic (exact) mass is 306 g/mol. The molecule has 7 heteroatoms. The SMILES string of the molecule is CCC[C@@H](C)Oc1ncnc2c1ncn2[C@H]1CC[C@@H](CO)O1. The first-order chi connectivity index (χ1) is 10.7. The van der Waals surface area contributed by atoms with E-state index in [1.807, 2.05) is 11.5 Å². The van der Waals surface area contributed by atoms with Crippen LogP contribution in [0.25, 0.3) is 11.2 Å². The van der Waals surface area contributed by atoms with Gasteiger partial charge in [-0.1, -0.05) is 13.3 Å². The minimum Gasteiger partial charge on any atom is -0.473 e. The molecule has 0 aliphatic carbocycles. The Morgan fingerprint density at radius 2 is 2.27 bits per heavy atom. The van der Waals surface area contributed by atoms with Crippen molar-refractivity contribution in [2.75, 3.05) is 6.61 Å². The summed E-state index contributed by atoms with van der Waals surface area (Å²) in [6.07, 6.45) is 6.75. The summed E-state index contributed by atoms with van der Waals surface area (Å²) < 4.78 is 13.6. The number of aliphatic hydroxyl groups excluding tert-OH is 1. The Bertz CT molecular complexity index is 630. The second-order valence-corrected chi connectivity index (χ2v) is 5.69. The Morgan fingerprint density at radius 3 is 3.00 bits per heavy atom. The molecule has 2 aromatic rings. The Kier molecular flexibility index (Phi) is 4.54. The van der Waals surface area contributed by atoms with E-state index in [9.17, 15) is 5.11 Å². The van der Waals surface area contributed by atoms with Crippen LogP contribution in [-0.4, -0.2) is 43.4 Å². The molecule has 0 bridgehead atoms. The Labute approximate surface area is 129 Å². The van der Waals surface area contributed by atoms with Crippen LogP contribution in [0.5, 0.6) is 5.88 Å². The number of aromatic nitrogens is 4. The van der Waals surface area contributed by atoms with E-state index in [2.05, 4.69) is 21.9 Å². The molecule has 1 saturated heterocycles. The third kappa shape index (κ3) is 2.91. The predicted molar refractivity (Wildman–Crippen MR) is 80.6 cm³/mol. The van der Waals surface area contributed by atoms with Crippen LogP contribution in [0.3, 0.4) is 0 Å². The molecule has 2 aromatic heterocycles. The first kappa shape index (κ1) is 15.2. The third-order valence-corrected chi connectivity index (χ3v) is 3.93. The zero-order chi connectivity index (χ0) is 15.5. The minimum absolute atomic E-state index is 0.0427. The van der Waals surface area contributed by atoms with Gasteiger partial charge >= 0.3 is 0 Å². The van der Waals surface area contributed by atoms with E-state index in [1.54, 1.807) is 6.33 Å². The van der Waals surface area contributed by atoms with Gasteiger partial charge in [0.1, 0.15) is 12.6 Å². The summed E-state index contributed by atoms with van der Waals surface area (Å²) in [6, 6.07) is 0. The van der Waals surface area contributed by atoms with Crippen LogP contribution >= 0.6 is 0 Å². The number of ether oxygens (including phenoxy) is 2. The molecule has 0 spiro atoms. The Balaban J connectivity index is 1.86. The van der Waals surface area contributed by atoms with Crippen molar-refractivity contribution < 1.29 is 14.6 Å². The number of rotatable bonds is 6. The summed E-state index contributed by atoms with van der Waals surface area (Å²) in [5, 5.41) is 9.19. The van der Waals surface area contributed by atoms with Crippen LogP contribution in [0.4, 0.5) is 0 Å². The molecular formula is C15H22N4O3. The molecule has 7 nitrogen and oxygen atoms in total. The average molecular weight is 306 g/mol. The van der Waals surface area contributed by atoms with Crippen LogP contribution in [-0.2, 0) is 4.74 Å². The number of nitrogens with zero attached hydrogens (tertiary/aromatic N) is 4. The van der Waals surface area contributed by atoms with E-state index in [4.69, 9.17) is 9.47 Å². The molecule has 1 aliphatic rings. The summed E-state index contributed by atoms with van der Waals surface area (Å²) in [5.41, 5.74) is 1.36. The fraction of sp³-hybridized carbons (Fsp3) is 0.667. The topological polar surface area (TPSA) is 82.3 Å². The fourth-order valence-electron chi connectivity index (χ4n) is 2.81. The van der Waals surface area contributed by atoms with Crippen LogP contribution in [0.1, 0.15) is 45.8 Å². The van der Waals surface area contributed by atoms with Gasteiger partial charge < -0.3 is 14.6 Å². The Morgan fingerprint density at radius 1 is 1.41 bits per heavy atom. The molecule has 22 heavy (non-hydrogen) atoms. The number of fused-ring (bicyclic) bond motifs is 1. The highest BCUT2D eigenvalue weighted by molar-refractivity contribution is 5.76. The molecule has 0 saturated carbocycles. The smallest absolute Gasteiger partial charge is 0.245 e. The normalized spacial score (nSPS) is 23.0. The van der Waals surface area contributed by atoms with Crippen molar-refractivity contribution in [2.24, 2.45) is 0 Å². The lowest BCUT2D eigenvalue weighted by Gasteiger charge is -2.15. The van der Waals surface area contributed by atoms with Crippen molar-refractivity contribution in [3.63, 3.8) is 0 Å². The zero-order valence-electron chi connectivity index (χ0n) is 13.0. The quantitative estimate of drug-likeness (QED) is 0.879. The van der Waals surface area contributed by atoms with Crippen molar-refractivity contribution >= 4 is 11.2 Å². The first-order valence-electron chi connectivity index (χ1n) is 7.83. The highest BCUT2D eigenvalue weighted by atomic mass is 16.5. The average Bonchev–Trinajstić information content (AvgIpc) is 3.14. The summed E-state index contributed by atoms with van der Waals surface area (Å²) in [4.78, 5) is 12.9. The van der Waals surface area contributed by atoms with Gasteiger partial charge in [0.2, 0.25) is 5.88 Å². The van der Waals surface area contributed by atoms with Gasteiger partial charge in [-0.15, -0.1) is 0 Å². The van der Waals surface area contributed by atoms with Crippen molar-refractivity contribution in [1.82, 2.24) is 19.5 Å². The molecule has 3 heterocycles. The molecule has 1 aliphatic heterocycles. The molecule has 3 atom stereocenters. The summed E-state index contributed by atoms with van der Waals surface area (Å²) >= 11 is 0. The molecule has 0 unspecified atom stereocenters. The van der Waals surface area contributed by atoms with Crippen molar-refractivity contribution in [2.45, 2.75) is 58.0 Å². The second-order valence-electron chi connectivity index (χ2n) is 5.69. The lowest BCUT2D eigenvalue weighted by molar-refractivity contribution is -0.0207. The highest BCUT2D eigenvalue weighted by Gasteiger charge is 2.28. The first-order valence-corrected chi connectivity index (χ1v) is 7.83. The van der Waals surface area contributed by atoms with Gasteiger partial charge in [-0.25, -0.2) is 9.97 Å². The molecular weight excluding hydrogens is 284 g/mol. The van der Waals surface area contributed by atoms with Gasteiger partial charge in [-0.3, -0.25) is 4.57 Å². The lowest BCUT2D eigenvalue weighted by atomic mass is 10.2. The minimum atomic E-state index is -0.141. The fourth-order valence-corrected chi connectivity index (χ4v) is 2.81. The van der Waals surface area contributed by atoms with Crippen LogP contribution < -0.4 is 4.74 Å². The number of imidazole rings is 1. The Hall–Kier alpha value is -1.73. The van der Waals surface area contributed by atoms with Gasteiger partial charge in [0.25, 0.3) is 0 Å². The molecule has 1 fully saturated rings.